The van der Waals surface area contributed by atoms with E-state index < -0.39 is 17.9 Å². The fraction of sp³-hybridized carbons (Fsp3) is 0.120. The van der Waals surface area contributed by atoms with Gasteiger partial charge < -0.3 is 15.2 Å². The molecule has 0 saturated heterocycles. The summed E-state index contributed by atoms with van der Waals surface area (Å²) in [5.74, 6) is -0.610. The molecule has 1 unspecified atom stereocenters. The van der Waals surface area contributed by atoms with Gasteiger partial charge in [0.05, 0.1) is 25.3 Å². The van der Waals surface area contributed by atoms with Gasteiger partial charge >= 0.3 is 5.97 Å². The van der Waals surface area contributed by atoms with Crippen LogP contribution in [0.15, 0.2) is 84.9 Å². The van der Waals surface area contributed by atoms with Crippen LogP contribution in [0.1, 0.15) is 28.6 Å². The van der Waals surface area contributed by atoms with E-state index in [4.69, 9.17) is 4.74 Å². The molecular formula is C25H22N4O4. The summed E-state index contributed by atoms with van der Waals surface area (Å²) in [6.45, 7) is 0. The summed E-state index contributed by atoms with van der Waals surface area (Å²) in [6.07, 6.45) is -0.302. The molecule has 0 aliphatic carbocycles. The maximum atomic E-state index is 13.1. The first kappa shape index (κ1) is 21.8. The number of hydrogen-bond donors (Lipinski definition) is 2. The molecule has 8 heteroatoms. The summed E-state index contributed by atoms with van der Waals surface area (Å²) in [5.41, 5.74) is 2.15. The van der Waals surface area contributed by atoms with Gasteiger partial charge in [-0.1, -0.05) is 60.7 Å². The Morgan fingerprint density at radius 2 is 1.70 bits per heavy atom. The molecule has 0 aliphatic rings. The van der Waals surface area contributed by atoms with Crippen LogP contribution in [0.4, 0.5) is 0 Å². The Hall–Kier alpha value is -4.46. The molecule has 1 atom stereocenters. The van der Waals surface area contributed by atoms with Gasteiger partial charge in [-0.05, 0) is 29.8 Å². The molecule has 33 heavy (non-hydrogen) atoms. The number of ether oxygens (including phenoxy) is 1. The lowest BCUT2D eigenvalue weighted by atomic mass is 10.0. The second kappa shape index (κ2) is 9.78. The van der Waals surface area contributed by atoms with E-state index in [2.05, 4.69) is 15.4 Å². The highest BCUT2D eigenvalue weighted by Gasteiger charge is 2.24. The van der Waals surface area contributed by atoms with Crippen molar-refractivity contribution >= 4 is 11.9 Å². The van der Waals surface area contributed by atoms with Gasteiger partial charge in [0, 0.05) is 5.56 Å². The predicted octanol–water partition coefficient (Wildman–Crippen LogP) is 3.89. The third-order valence-corrected chi connectivity index (χ3v) is 5.02. The van der Waals surface area contributed by atoms with Crippen LogP contribution in [0.25, 0.3) is 17.1 Å². The van der Waals surface area contributed by atoms with Crippen molar-refractivity contribution in [3.05, 3.63) is 96.3 Å². The van der Waals surface area contributed by atoms with Gasteiger partial charge in [-0.25, -0.2) is 9.67 Å². The molecule has 8 nitrogen and oxygen atoms in total. The highest BCUT2D eigenvalue weighted by molar-refractivity contribution is 5.91. The number of carboxylic acids is 1. The van der Waals surface area contributed by atoms with Crippen molar-refractivity contribution in [3.63, 3.8) is 0 Å². The molecule has 1 heterocycles. The van der Waals surface area contributed by atoms with Gasteiger partial charge in [0.15, 0.2) is 5.82 Å². The lowest BCUT2D eigenvalue weighted by Crippen LogP contribution is -2.31. The second-order valence-corrected chi connectivity index (χ2v) is 7.27. The van der Waals surface area contributed by atoms with Crippen molar-refractivity contribution in [2.45, 2.75) is 12.5 Å². The zero-order chi connectivity index (χ0) is 23.2. The highest BCUT2D eigenvalue weighted by atomic mass is 16.5. The Balaban J connectivity index is 1.69. The molecule has 1 amide bonds. The number of aromatic nitrogens is 3. The number of aliphatic carboxylic acids is 1. The maximum Gasteiger partial charge on any atom is 0.305 e. The molecule has 4 aromatic rings. The fourth-order valence-electron chi connectivity index (χ4n) is 3.44. The highest BCUT2D eigenvalue weighted by Crippen LogP contribution is 2.24. The van der Waals surface area contributed by atoms with Crippen LogP contribution in [-0.4, -0.2) is 38.9 Å². The predicted molar refractivity (Wildman–Crippen MR) is 122 cm³/mol. The van der Waals surface area contributed by atoms with E-state index in [1.165, 1.54) is 7.11 Å². The summed E-state index contributed by atoms with van der Waals surface area (Å²) in [4.78, 5) is 29.1. The van der Waals surface area contributed by atoms with Gasteiger partial charge in [0.25, 0.3) is 5.91 Å². The Morgan fingerprint density at radius 3 is 2.36 bits per heavy atom. The number of benzene rings is 3. The fourth-order valence-corrected chi connectivity index (χ4v) is 3.44. The molecule has 2 N–H and O–H groups in total. The topological polar surface area (TPSA) is 106 Å². The Labute approximate surface area is 190 Å². The van der Waals surface area contributed by atoms with Crippen molar-refractivity contribution in [3.8, 4) is 22.8 Å². The van der Waals surface area contributed by atoms with Crippen molar-refractivity contribution in [1.29, 1.82) is 0 Å². The summed E-state index contributed by atoms with van der Waals surface area (Å²) >= 11 is 0. The van der Waals surface area contributed by atoms with Crippen molar-refractivity contribution in [2.24, 2.45) is 0 Å². The second-order valence-electron chi connectivity index (χ2n) is 7.27. The Kier molecular flexibility index (Phi) is 6.45. The quantitative estimate of drug-likeness (QED) is 0.429. The number of methoxy groups -OCH3 is 1. The van der Waals surface area contributed by atoms with E-state index in [9.17, 15) is 14.7 Å². The Morgan fingerprint density at radius 1 is 1.00 bits per heavy atom. The molecule has 0 radical (unpaired) electrons. The Bertz CT molecular complexity index is 1200. The number of carbonyl (C=O) groups excluding carboxylic acids is 1. The molecule has 0 aliphatic heterocycles. The first-order valence-electron chi connectivity index (χ1n) is 10.3. The van der Waals surface area contributed by atoms with Crippen molar-refractivity contribution in [1.82, 2.24) is 20.1 Å². The zero-order valence-electron chi connectivity index (χ0n) is 17.9. The van der Waals surface area contributed by atoms with Crippen LogP contribution in [-0.2, 0) is 4.79 Å². The summed E-state index contributed by atoms with van der Waals surface area (Å²) < 4.78 is 6.83. The average Bonchev–Trinajstić information content (AvgIpc) is 3.30. The molecule has 0 saturated carbocycles. The zero-order valence-corrected chi connectivity index (χ0v) is 17.9. The van der Waals surface area contributed by atoms with E-state index in [0.29, 0.717) is 17.1 Å². The first-order valence-corrected chi connectivity index (χ1v) is 10.3. The van der Waals surface area contributed by atoms with Crippen LogP contribution in [0.5, 0.6) is 5.75 Å². The van der Waals surface area contributed by atoms with Gasteiger partial charge in [0.2, 0.25) is 5.82 Å². The lowest BCUT2D eigenvalue weighted by Gasteiger charge is -2.17. The van der Waals surface area contributed by atoms with E-state index in [-0.39, 0.29) is 12.2 Å². The number of carbonyl (C=O) groups is 2. The molecule has 166 valence electrons. The summed E-state index contributed by atoms with van der Waals surface area (Å²) in [6, 6.07) is 24.9. The molecule has 0 spiro atoms. The normalized spacial score (nSPS) is 11.5. The minimum Gasteiger partial charge on any atom is -0.497 e. The van der Waals surface area contributed by atoms with Gasteiger partial charge in [-0.15, -0.1) is 5.10 Å². The third kappa shape index (κ3) is 5.07. The molecule has 1 aromatic heterocycles. The molecular weight excluding hydrogens is 420 g/mol. The summed E-state index contributed by atoms with van der Waals surface area (Å²) in [7, 11) is 1.52. The average molecular weight is 442 g/mol. The van der Waals surface area contributed by atoms with Crippen LogP contribution in [0, 0.1) is 0 Å². The van der Waals surface area contributed by atoms with E-state index in [0.717, 1.165) is 11.3 Å². The minimum absolute atomic E-state index is 0.0593. The molecule has 3 aromatic carbocycles. The van der Waals surface area contributed by atoms with Crippen LogP contribution in [0.3, 0.4) is 0 Å². The molecule has 0 fully saturated rings. The lowest BCUT2D eigenvalue weighted by molar-refractivity contribution is -0.137. The number of carboxylic acid groups (broad SMARTS) is 1. The van der Waals surface area contributed by atoms with Crippen LogP contribution >= 0.6 is 0 Å². The van der Waals surface area contributed by atoms with Crippen LogP contribution in [0.2, 0.25) is 0 Å². The number of hydrogen-bond acceptors (Lipinski definition) is 5. The van der Waals surface area contributed by atoms with Gasteiger partial charge in [0.1, 0.15) is 5.75 Å². The first-order chi connectivity index (χ1) is 16.0. The van der Waals surface area contributed by atoms with Crippen LogP contribution < -0.4 is 10.1 Å². The van der Waals surface area contributed by atoms with Gasteiger partial charge in [-0.3, -0.25) is 9.59 Å². The van der Waals surface area contributed by atoms with E-state index in [1.807, 2.05) is 60.7 Å². The van der Waals surface area contributed by atoms with E-state index >= 15 is 0 Å². The number of rotatable bonds is 8. The molecule has 0 bridgehead atoms. The maximum absolute atomic E-state index is 13.1. The number of amides is 1. The molecule has 4 rings (SSSR count). The standard InChI is InChI=1S/C25H22N4O4/c1-33-20-14-8-11-18(15-20)21(16-22(30)31)26-25(32)23-27-24(17-9-4-2-5-10-17)29(28-23)19-12-6-3-7-13-19/h2-15,21H,16H2,1H3,(H,26,32)(H,30,31). The summed E-state index contributed by atoms with van der Waals surface area (Å²) in [5, 5.41) is 16.6. The monoisotopic (exact) mass is 442 g/mol. The minimum atomic E-state index is -1.05. The smallest absolute Gasteiger partial charge is 0.305 e. The van der Waals surface area contributed by atoms with Crippen molar-refractivity contribution in [2.75, 3.05) is 7.11 Å². The number of nitrogens with one attached hydrogen (secondary N) is 1. The third-order valence-electron chi connectivity index (χ3n) is 5.02. The largest absolute Gasteiger partial charge is 0.497 e. The van der Waals surface area contributed by atoms with E-state index in [1.54, 1.807) is 28.9 Å². The number of nitrogens with zero attached hydrogens (tertiary/aromatic N) is 3. The van der Waals surface area contributed by atoms with Crippen molar-refractivity contribution < 1.29 is 19.4 Å². The van der Waals surface area contributed by atoms with Gasteiger partial charge in [-0.2, -0.15) is 0 Å². The number of para-hydroxylation sites is 1. The SMILES string of the molecule is COc1cccc(C(CC(=O)O)NC(=O)c2nc(-c3ccccc3)n(-c3ccccc3)n2)c1.